The second-order valence-electron chi connectivity index (χ2n) is 5.05. The number of hydrogen-bond acceptors (Lipinski definition) is 2. The molecule has 0 radical (unpaired) electrons. The average molecular weight is 298 g/mol. The predicted molar refractivity (Wildman–Crippen MR) is 74.6 cm³/mol. The summed E-state index contributed by atoms with van der Waals surface area (Å²) in [6.45, 7) is 3.64. The molecule has 1 heterocycles. The molecule has 2 rings (SSSR count). The van der Waals surface area contributed by atoms with Gasteiger partial charge in [-0.05, 0) is 17.7 Å². The fourth-order valence-electron chi connectivity index (χ4n) is 2.25. The van der Waals surface area contributed by atoms with Gasteiger partial charge in [0.05, 0.1) is 23.9 Å². The lowest BCUT2D eigenvalue weighted by Gasteiger charge is -2.29. The lowest BCUT2D eigenvalue weighted by Crippen LogP contribution is -2.33. The van der Waals surface area contributed by atoms with Crippen LogP contribution in [0.4, 0.5) is 13.2 Å². The van der Waals surface area contributed by atoms with E-state index in [1.54, 1.807) is 18.2 Å². The fourth-order valence-corrected chi connectivity index (χ4v) is 2.25. The van der Waals surface area contributed by atoms with Gasteiger partial charge in [-0.3, -0.25) is 0 Å². The maximum Gasteiger partial charge on any atom is 0.416 e. The first-order chi connectivity index (χ1) is 9.88. The molecule has 1 aromatic rings. The minimum Gasteiger partial charge on any atom is -0.393 e. The third-order valence-corrected chi connectivity index (χ3v) is 3.36. The van der Waals surface area contributed by atoms with Crippen molar-refractivity contribution < 1.29 is 23.0 Å². The number of hydrogen-bond donors (Lipinski definition) is 1. The number of aliphatic hydroxyl groups is 1. The van der Waals surface area contributed by atoms with Crippen LogP contribution in [-0.4, -0.2) is 23.4 Å². The van der Waals surface area contributed by atoms with E-state index < -0.39 is 17.8 Å². The number of halogens is 3. The van der Waals surface area contributed by atoms with Crippen LogP contribution >= 0.6 is 0 Å². The van der Waals surface area contributed by atoms with Crippen molar-refractivity contribution in [3.8, 4) is 0 Å². The third-order valence-electron chi connectivity index (χ3n) is 3.36. The maximum atomic E-state index is 12.4. The van der Waals surface area contributed by atoms with Gasteiger partial charge in [-0.25, -0.2) is 0 Å². The van der Waals surface area contributed by atoms with E-state index in [-0.39, 0.29) is 12.2 Å². The molecule has 0 aliphatic carbocycles. The number of aliphatic hydroxyl groups excluding tert-OH is 1. The van der Waals surface area contributed by atoms with Gasteiger partial charge >= 0.3 is 6.18 Å². The first kappa shape index (κ1) is 15.8. The second-order valence-corrected chi connectivity index (χ2v) is 5.05. The second kappa shape index (κ2) is 6.45. The molecule has 21 heavy (non-hydrogen) atoms. The molecule has 114 valence electrons. The SMILES string of the molecule is C=C[C@H]1C[C@@H](O)C[C@@H](/C=C/c2ccc(C(F)(F)F)cc2)O1. The molecule has 5 heteroatoms. The van der Waals surface area contributed by atoms with Crippen molar-refractivity contribution in [3.63, 3.8) is 0 Å². The van der Waals surface area contributed by atoms with Gasteiger partial charge in [0.25, 0.3) is 0 Å². The molecule has 2 nitrogen and oxygen atoms in total. The van der Waals surface area contributed by atoms with E-state index >= 15 is 0 Å². The van der Waals surface area contributed by atoms with Crippen LogP contribution in [0.25, 0.3) is 6.08 Å². The molecule has 1 aromatic carbocycles. The number of benzene rings is 1. The van der Waals surface area contributed by atoms with E-state index in [9.17, 15) is 18.3 Å². The van der Waals surface area contributed by atoms with Crippen LogP contribution in [0, 0.1) is 0 Å². The van der Waals surface area contributed by atoms with Gasteiger partial charge in [-0.2, -0.15) is 13.2 Å². The summed E-state index contributed by atoms with van der Waals surface area (Å²) in [6.07, 6.45) is 0.844. The van der Waals surface area contributed by atoms with Crippen molar-refractivity contribution in [2.24, 2.45) is 0 Å². The Morgan fingerprint density at radius 1 is 1.14 bits per heavy atom. The molecule has 0 bridgehead atoms. The van der Waals surface area contributed by atoms with Crippen LogP contribution in [0.1, 0.15) is 24.0 Å². The van der Waals surface area contributed by atoms with E-state index in [2.05, 4.69) is 6.58 Å². The van der Waals surface area contributed by atoms with E-state index in [1.807, 2.05) is 0 Å². The molecule has 0 unspecified atom stereocenters. The summed E-state index contributed by atoms with van der Waals surface area (Å²) >= 11 is 0. The lowest BCUT2D eigenvalue weighted by molar-refractivity contribution is -0.137. The first-order valence-electron chi connectivity index (χ1n) is 6.70. The topological polar surface area (TPSA) is 29.5 Å². The van der Waals surface area contributed by atoms with E-state index in [0.717, 1.165) is 12.1 Å². The van der Waals surface area contributed by atoms with Crippen molar-refractivity contribution in [3.05, 3.63) is 54.1 Å². The van der Waals surface area contributed by atoms with Gasteiger partial charge in [0.1, 0.15) is 0 Å². The Labute approximate surface area is 121 Å². The average Bonchev–Trinajstić information content (AvgIpc) is 2.44. The Morgan fingerprint density at radius 2 is 1.76 bits per heavy atom. The lowest BCUT2D eigenvalue weighted by atomic mass is 10.00. The quantitative estimate of drug-likeness (QED) is 0.860. The van der Waals surface area contributed by atoms with E-state index in [4.69, 9.17) is 4.74 Å². The number of alkyl halides is 3. The molecule has 0 spiro atoms. The zero-order valence-corrected chi connectivity index (χ0v) is 11.4. The van der Waals surface area contributed by atoms with Crippen molar-refractivity contribution in [2.45, 2.75) is 37.3 Å². The summed E-state index contributed by atoms with van der Waals surface area (Å²) in [5.74, 6) is 0. The first-order valence-corrected chi connectivity index (χ1v) is 6.70. The van der Waals surface area contributed by atoms with Gasteiger partial charge in [0.2, 0.25) is 0 Å². The van der Waals surface area contributed by atoms with Gasteiger partial charge in [0, 0.05) is 12.8 Å². The number of rotatable bonds is 3. The van der Waals surface area contributed by atoms with Crippen molar-refractivity contribution >= 4 is 6.08 Å². The highest BCUT2D eigenvalue weighted by Gasteiger charge is 2.30. The van der Waals surface area contributed by atoms with Crippen LogP contribution in [0.15, 0.2) is 43.0 Å². The van der Waals surface area contributed by atoms with Gasteiger partial charge in [-0.15, -0.1) is 6.58 Å². The van der Waals surface area contributed by atoms with Gasteiger partial charge in [0.15, 0.2) is 0 Å². The van der Waals surface area contributed by atoms with Crippen LogP contribution in [0.3, 0.4) is 0 Å². The molecule has 1 saturated heterocycles. The Kier molecular flexibility index (Phi) is 4.85. The normalized spacial score (nSPS) is 27.0. The van der Waals surface area contributed by atoms with Crippen LogP contribution in [0.2, 0.25) is 0 Å². The molecular formula is C16H17F3O2. The van der Waals surface area contributed by atoms with Crippen LogP contribution in [0.5, 0.6) is 0 Å². The zero-order chi connectivity index (χ0) is 15.5. The van der Waals surface area contributed by atoms with Crippen molar-refractivity contribution in [1.29, 1.82) is 0 Å². The van der Waals surface area contributed by atoms with Crippen molar-refractivity contribution in [2.75, 3.05) is 0 Å². The molecule has 1 N–H and O–H groups in total. The largest absolute Gasteiger partial charge is 0.416 e. The number of ether oxygens (including phenoxy) is 1. The van der Waals surface area contributed by atoms with Crippen LogP contribution < -0.4 is 0 Å². The molecule has 1 fully saturated rings. The van der Waals surface area contributed by atoms with Crippen molar-refractivity contribution in [1.82, 2.24) is 0 Å². The Hall–Kier alpha value is -1.59. The summed E-state index contributed by atoms with van der Waals surface area (Å²) in [5, 5.41) is 9.72. The molecule has 1 aliphatic rings. The highest BCUT2D eigenvalue weighted by Crippen LogP contribution is 2.29. The van der Waals surface area contributed by atoms with Gasteiger partial charge < -0.3 is 9.84 Å². The predicted octanol–water partition coefficient (Wildman–Crippen LogP) is 3.81. The Balaban J connectivity index is 2.02. The maximum absolute atomic E-state index is 12.4. The molecule has 0 aromatic heterocycles. The fraction of sp³-hybridized carbons (Fsp3) is 0.375. The third kappa shape index (κ3) is 4.44. The molecule has 0 saturated carbocycles. The molecule has 0 amide bonds. The Bertz CT molecular complexity index is 505. The summed E-state index contributed by atoms with van der Waals surface area (Å²) in [4.78, 5) is 0. The smallest absolute Gasteiger partial charge is 0.393 e. The monoisotopic (exact) mass is 298 g/mol. The molecule has 1 aliphatic heterocycles. The summed E-state index contributed by atoms with van der Waals surface area (Å²) in [6, 6.07) is 4.90. The van der Waals surface area contributed by atoms with E-state index in [0.29, 0.717) is 18.4 Å². The highest BCUT2D eigenvalue weighted by atomic mass is 19.4. The molecular weight excluding hydrogens is 281 g/mol. The minimum atomic E-state index is -4.32. The molecule has 3 atom stereocenters. The zero-order valence-electron chi connectivity index (χ0n) is 11.4. The van der Waals surface area contributed by atoms with E-state index in [1.165, 1.54) is 12.1 Å². The minimum absolute atomic E-state index is 0.198. The summed E-state index contributed by atoms with van der Waals surface area (Å²) in [7, 11) is 0. The standard InChI is InChI=1S/C16H17F3O2/c1-2-14-9-13(20)10-15(21-14)8-5-11-3-6-12(7-4-11)16(17,18)19/h2-8,13-15,20H,1,9-10H2/b8-5+/t13-,14+,15-/m1/s1. The summed E-state index contributed by atoms with van der Waals surface area (Å²) < 4.78 is 43.0. The Morgan fingerprint density at radius 3 is 2.33 bits per heavy atom. The van der Waals surface area contributed by atoms with Crippen LogP contribution in [-0.2, 0) is 10.9 Å². The van der Waals surface area contributed by atoms with Gasteiger partial charge in [-0.1, -0.05) is 30.4 Å². The highest BCUT2D eigenvalue weighted by molar-refractivity contribution is 5.50. The summed E-state index contributed by atoms with van der Waals surface area (Å²) in [5.41, 5.74) is -0.0162.